The van der Waals surface area contributed by atoms with Gasteiger partial charge >= 0.3 is 0 Å². The lowest BCUT2D eigenvalue weighted by atomic mass is 10.0. The Morgan fingerprint density at radius 1 is 0.905 bits per heavy atom. The minimum Gasteiger partial charge on any atom is -0.380 e. The van der Waals surface area contributed by atoms with Crippen LogP contribution in [0.3, 0.4) is 0 Å². The number of halogens is 1. The fraction of sp³-hybridized carbons (Fsp3) is 0.158. The maximum atomic E-state index is 13.2. The van der Waals surface area contributed by atoms with E-state index < -0.39 is 0 Å². The van der Waals surface area contributed by atoms with Crippen molar-refractivity contribution in [3.63, 3.8) is 0 Å². The molecule has 0 heterocycles. The lowest BCUT2D eigenvalue weighted by Gasteiger charge is -2.11. The fourth-order valence-electron chi connectivity index (χ4n) is 3.25. The first kappa shape index (κ1) is 12.4. The van der Waals surface area contributed by atoms with E-state index in [-0.39, 0.29) is 5.82 Å². The van der Waals surface area contributed by atoms with Crippen LogP contribution in [0.4, 0.5) is 10.1 Å². The highest BCUT2D eigenvalue weighted by Gasteiger charge is 2.15. The molecule has 0 bridgehead atoms. The SMILES string of the molecule is Fc1cccc(CNc2ccc3c4c(cccc24)CC3)c1. The maximum absolute atomic E-state index is 13.2. The molecule has 4 rings (SSSR count). The molecule has 1 aliphatic rings. The summed E-state index contributed by atoms with van der Waals surface area (Å²) in [6.45, 7) is 0.635. The lowest BCUT2D eigenvalue weighted by Crippen LogP contribution is -2.00. The van der Waals surface area contributed by atoms with Crippen molar-refractivity contribution in [3.05, 3.63) is 77.1 Å². The van der Waals surface area contributed by atoms with E-state index in [4.69, 9.17) is 0 Å². The second kappa shape index (κ2) is 4.88. The molecule has 3 aromatic carbocycles. The van der Waals surface area contributed by atoms with Gasteiger partial charge in [-0.05, 0) is 53.1 Å². The van der Waals surface area contributed by atoms with Gasteiger partial charge in [0.15, 0.2) is 0 Å². The van der Waals surface area contributed by atoms with Crippen molar-refractivity contribution in [2.45, 2.75) is 19.4 Å². The molecule has 0 saturated carbocycles. The Kier molecular flexibility index (Phi) is 2.88. The van der Waals surface area contributed by atoms with Gasteiger partial charge in [0.1, 0.15) is 5.82 Å². The molecular formula is C19H16FN. The number of nitrogens with one attached hydrogen (secondary N) is 1. The number of rotatable bonds is 3. The van der Waals surface area contributed by atoms with E-state index in [9.17, 15) is 4.39 Å². The second-order valence-electron chi connectivity index (χ2n) is 5.60. The van der Waals surface area contributed by atoms with Crippen LogP contribution in [0.15, 0.2) is 54.6 Å². The molecule has 104 valence electrons. The number of hydrogen-bond donors (Lipinski definition) is 1. The molecule has 2 heteroatoms. The summed E-state index contributed by atoms with van der Waals surface area (Å²) in [5.41, 5.74) is 4.97. The average Bonchev–Trinajstić information content (AvgIpc) is 2.92. The van der Waals surface area contributed by atoms with Gasteiger partial charge in [-0.1, -0.05) is 36.4 Å². The van der Waals surface area contributed by atoms with E-state index in [2.05, 4.69) is 35.6 Å². The number of aryl methyl sites for hydroxylation is 2. The molecule has 0 radical (unpaired) electrons. The van der Waals surface area contributed by atoms with Gasteiger partial charge in [0, 0.05) is 17.6 Å². The fourth-order valence-corrected chi connectivity index (χ4v) is 3.25. The summed E-state index contributed by atoms with van der Waals surface area (Å²) in [5.74, 6) is -0.185. The normalized spacial score (nSPS) is 12.8. The first-order valence-corrected chi connectivity index (χ1v) is 7.33. The monoisotopic (exact) mass is 277 g/mol. The standard InChI is InChI=1S/C19H16FN/c20-16-5-1-3-13(11-16)12-21-18-10-9-15-8-7-14-4-2-6-17(18)19(14)15/h1-6,9-11,21H,7-8,12H2. The molecule has 0 aliphatic heterocycles. The summed E-state index contributed by atoms with van der Waals surface area (Å²) >= 11 is 0. The van der Waals surface area contributed by atoms with Crippen LogP contribution in [0.2, 0.25) is 0 Å². The maximum Gasteiger partial charge on any atom is 0.123 e. The summed E-state index contributed by atoms with van der Waals surface area (Å²) in [7, 11) is 0. The van der Waals surface area contributed by atoms with Crippen molar-refractivity contribution in [1.29, 1.82) is 0 Å². The predicted octanol–water partition coefficient (Wildman–Crippen LogP) is 4.69. The molecule has 0 fully saturated rings. The van der Waals surface area contributed by atoms with Gasteiger partial charge in [-0.3, -0.25) is 0 Å². The highest BCUT2D eigenvalue weighted by molar-refractivity contribution is 5.99. The molecule has 3 aromatic rings. The topological polar surface area (TPSA) is 12.0 Å². The molecular weight excluding hydrogens is 261 g/mol. The summed E-state index contributed by atoms with van der Waals surface area (Å²) < 4.78 is 13.2. The van der Waals surface area contributed by atoms with Gasteiger partial charge in [-0.15, -0.1) is 0 Å². The Morgan fingerprint density at radius 3 is 2.57 bits per heavy atom. The first-order chi connectivity index (χ1) is 10.3. The third kappa shape index (κ3) is 2.17. The average molecular weight is 277 g/mol. The Labute approximate surface area is 123 Å². The molecule has 0 unspecified atom stereocenters. The molecule has 0 amide bonds. The van der Waals surface area contributed by atoms with Crippen LogP contribution in [0.5, 0.6) is 0 Å². The summed E-state index contributed by atoms with van der Waals surface area (Å²) in [5, 5.41) is 6.13. The zero-order valence-electron chi connectivity index (χ0n) is 11.7. The summed E-state index contributed by atoms with van der Waals surface area (Å²) in [6, 6.07) is 17.6. The quantitative estimate of drug-likeness (QED) is 0.732. The van der Waals surface area contributed by atoms with Gasteiger partial charge in [-0.25, -0.2) is 4.39 Å². The number of hydrogen-bond acceptors (Lipinski definition) is 1. The third-order valence-electron chi connectivity index (χ3n) is 4.25. The van der Waals surface area contributed by atoms with Gasteiger partial charge in [-0.2, -0.15) is 0 Å². The van der Waals surface area contributed by atoms with Crippen LogP contribution in [0.1, 0.15) is 16.7 Å². The minimum absolute atomic E-state index is 0.185. The number of benzene rings is 3. The van der Waals surface area contributed by atoms with Crippen molar-refractivity contribution >= 4 is 16.5 Å². The predicted molar refractivity (Wildman–Crippen MR) is 85.1 cm³/mol. The third-order valence-corrected chi connectivity index (χ3v) is 4.25. The molecule has 0 saturated heterocycles. The molecule has 1 N–H and O–H groups in total. The van der Waals surface area contributed by atoms with Gasteiger partial charge in [0.05, 0.1) is 0 Å². The Bertz CT molecular complexity index is 813. The first-order valence-electron chi connectivity index (χ1n) is 7.33. The highest BCUT2D eigenvalue weighted by atomic mass is 19.1. The van der Waals surface area contributed by atoms with Crippen LogP contribution in [-0.4, -0.2) is 0 Å². The van der Waals surface area contributed by atoms with Crippen LogP contribution >= 0.6 is 0 Å². The van der Waals surface area contributed by atoms with Crippen molar-refractivity contribution in [2.24, 2.45) is 0 Å². The lowest BCUT2D eigenvalue weighted by molar-refractivity contribution is 0.626. The molecule has 0 atom stereocenters. The van der Waals surface area contributed by atoms with Crippen LogP contribution in [-0.2, 0) is 19.4 Å². The Balaban J connectivity index is 1.69. The molecule has 1 aliphatic carbocycles. The zero-order chi connectivity index (χ0) is 14.2. The largest absolute Gasteiger partial charge is 0.380 e. The minimum atomic E-state index is -0.185. The van der Waals surface area contributed by atoms with Gasteiger partial charge in [0.25, 0.3) is 0 Å². The van der Waals surface area contributed by atoms with E-state index in [0.29, 0.717) is 6.54 Å². The summed E-state index contributed by atoms with van der Waals surface area (Å²) in [4.78, 5) is 0. The van der Waals surface area contributed by atoms with E-state index in [1.165, 1.54) is 28.0 Å². The zero-order valence-corrected chi connectivity index (χ0v) is 11.7. The van der Waals surface area contributed by atoms with Crippen LogP contribution in [0.25, 0.3) is 10.8 Å². The van der Waals surface area contributed by atoms with E-state index in [1.807, 2.05) is 6.07 Å². The molecule has 21 heavy (non-hydrogen) atoms. The molecule has 0 spiro atoms. The van der Waals surface area contributed by atoms with Crippen molar-refractivity contribution in [3.8, 4) is 0 Å². The van der Waals surface area contributed by atoms with Crippen molar-refractivity contribution < 1.29 is 4.39 Å². The van der Waals surface area contributed by atoms with Crippen LogP contribution in [0, 0.1) is 5.82 Å². The number of anilines is 1. The highest BCUT2D eigenvalue weighted by Crippen LogP contribution is 2.35. The second-order valence-corrected chi connectivity index (χ2v) is 5.60. The van der Waals surface area contributed by atoms with E-state index >= 15 is 0 Å². The smallest absolute Gasteiger partial charge is 0.123 e. The van der Waals surface area contributed by atoms with Crippen molar-refractivity contribution in [2.75, 3.05) is 5.32 Å². The molecule has 0 aromatic heterocycles. The van der Waals surface area contributed by atoms with Crippen LogP contribution < -0.4 is 5.32 Å². The van der Waals surface area contributed by atoms with Crippen molar-refractivity contribution in [1.82, 2.24) is 0 Å². The Hall–Kier alpha value is -2.35. The van der Waals surface area contributed by atoms with E-state index in [0.717, 1.165) is 24.1 Å². The van der Waals surface area contributed by atoms with E-state index in [1.54, 1.807) is 12.1 Å². The van der Waals surface area contributed by atoms with Gasteiger partial charge in [0.2, 0.25) is 0 Å². The Morgan fingerprint density at radius 2 is 1.71 bits per heavy atom. The summed E-state index contributed by atoms with van der Waals surface area (Å²) in [6.07, 6.45) is 2.28. The molecule has 1 nitrogen and oxygen atoms in total. The van der Waals surface area contributed by atoms with Gasteiger partial charge < -0.3 is 5.32 Å².